The molecule has 3 rings (SSSR count). The van der Waals surface area contributed by atoms with E-state index >= 15 is 0 Å². The molecule has 1 aromatic rings. The second-order valence-electron chi connectivity index (χ2n) is 6.34. The van der Waals surface area contributed by atoms with Crippen LogP contribution in [0.3, 0.4) is 0 Å². The first-order valence-electron chi connectivity index (χ1n) is 7.64. The lowest BCUT2D eigenvalue weighted by atomic mass is 9.97. The third kappa shape index (κ3) is 2.43. The highest BCUT2D eigenvalue weighted by atomic mass is 15.2. The summed E-state index contributed by atoms with van der Waals surface area (Å²) in [5.41, 5.74) is 1.44. The lowest BCUT2D eigenvalue weighted by Gasteiger charge is -2.32. The maximum absolute atomic E-state index is 4.43. The summed E-state index contributed by atoms with van der Waals surface area (Å²) in [6.07, 6.45) is 8.09. The van der Waals surface area contributed by atoms with Crippen molar-refractivity contribution >= 4 is 0 Å². The maximum atomic E-state index is 4.43. The van der Waals surface area contributed by atoms with Crippen LogP contribution in [0.4, 0.5) is 0 Å². The number of likely N-dealkylation sites (tertiary alicyclic amines) is 1. The van der Waals surface area contributed by atoms with Gasteiger partial charge < -0.3 is 9.88 Å². The van der Waals surface area contributed by atoms with Crippen LogP contribution in [0.2, 0.25) is 0 Å². The number of nitrogens with zero attached hydrogens (tertiary/aromatic N) is 3. The predicted molar refractivity (Wildman–Crippen MR) is 77.1 cm³/mol. The van der Waals surface area contributed by atoms with E-state index in [-0.39, 0.29) is 0 Å². The molecule has 1 aliphatic carbocycles. The smallest absolute Gasteiger partial charge is 0.0951 e. The van der Waals surface area contributed by atoms with E-state index in [1.807, 2.05) is 6.33 Å². The van der Waals surface area contributed by atoms with Gasteiger partial charge in [-0.1, -0.05) is 0 Å². The van der Waals surface area contributed by atoms with E-state index in [1.165, 1.54) is 31.5 Å². The van der Waals surface area contributed by atoms with Crippen molar-refractivity contribution in [2.24, 2.45) is 5.92 Å². The Hall–Kier alpha value is -0.870. The lowest BCUT2D eigenvalue weighted by molar-refractivity contribution is 0.175. The van der Waals surface area contributed by atoms with Crippen molar-refractivity contribution in [2.75, 3.05) is 20.1 Å². The summed E-state index contributed by atoms with van der Waals surface area (Å²) in [5.74, 6) is 0.710. The van der Waals surface area contributed by atoms with Crippen LogP contribution in [0.5, 0.6) is 0 Å². The Balaban J connectivity index is 1.89. The standard InChI is InChI=1S/C15H26N4/c1-11(2)18-7-6-12(8-16-3)15(18)14-9-17-10-19(14)13-4-5-13/h9-13,15-16H,4-8H2,1-3H3. The van der Waals surface area contributed by atoms with Crippen molar-refractivity contribution in [2.45, 2.75) is 51.2 Å². The van der Waals surface area contributed by atoms with E-state index in [4.69, 9.17) is 0 Å². The zero-order chi connectivity index (χ0) is 13.4. The summed E-state index contributed by atoms with van der Waals surface area (Å²) >= 11 is 0. The van der Waals surface area contributed by atoms with Gasteiger partial charge in [0.25, 0.3) is 0 Å². The first-order chi connectivity index (χ1) is 9.22. The molecule has 2 heterocycles. The molecule has 1 saturated carbocycles. The highest BCUT2D eigenvalue weighted by Crippen LogP contribution is 2.43. The van der Waals surface area contributed by atoms with Crippen LogP contribution < -0.4 is 5.32 Å². The topological polar surface area (TPSA) is 33.1 Å². The van der Waals surface area contributed by atoms with Crippen LogP contribution in [-0.4, -0.2) is 40.6 Å². The number of nitrogens with one attached hydrogen (secondary N) is 1. The molecule has 0 spiro atoms. The number of hydrogen-bond donors (Lipinski definition) is 1. The molecule has 2 unspecified atom stereocenters. The fraction of sp³-hybridized carbons (Fsp3) is 0.800. The van der Waals surface area contributed by atoms with Crippen molar-refractivity contribution in [3.05, 3.63) is 18.2 Å². The second kappa shape index (κ2) is 5.25. The molecule has 1 aromatic heterocycles. The zero-order valence-corrected chi connectivity index (χ0v) is 12.3. The number of imidazole rings is 1. The second-order valence-corrected chi connectivity index (χ2v) is 6.34. The van der Waals surface area contributed by atoms with E-state index in [2.05, 4.69) is 46.9 Å². The third-order valence-corrected chi connectivity index (χ3v) is 4.63. The molecule has 0 aromatic carbocycles. The van der Waals surface area contributed by atoms with E-state index in [0.717, 1.165) is 12.6 Å². The monoisotopic (exact) mass is 262 g/mol. The molecule has 1 saturated heterocycles. The van der Waals surface area contributed by atoms with Gasteiger partial charge in [0.1, 0.15) is 0 Å². The molecule has 2 fully saturated rings. The van der Waals surface area contributed by atoms with Gasteiger partial charge in [0, 0.05) is 18.3 Å². The Morgan fingerprint density at radius 3 is 2.79 bits per heavy atom. The third-order valence-electron chi connectivity index (χ3n) is 4.63. The van der Waals surface area contributed by atoms with Crippen LogP contribution in [-0.2, 0) is 0 Å². The summed E-state index contributed by atoms with van der Waals surface area (Å²) in [6, 6.07) is 1.87. The van der Waals surface area contributed by atoms with Gasteiger partial charge in [0.15, 0.2) is 0 Å². The van der Waals surface area contributed by atoms with Crippen LogP contribution in [0, 0.1) is 5.92 Å². The van der Waals surface area contributed by atoms with Crippen molar-refractivity contribution in [1.82, 2.24) is 19.8 Å². The van der Waals surface area contributed by atoms with Gasteiger partial charge in [-0.05, 0) is 59.2 Å². The zero-order valence-electron chi connectivity index (χ0n) is 12.3. The highest BCUT2D eigenvalue weighted by molar-refractivity contribution is 5.13. The van der Waals surface area contributed by atoms with E-state index in [9.17, 15) is 0 Å². The van der Waals surface area contributed by atoms with Gasteiger partial charge in [-0.25, -0.2) is 4.98 Å². The molecule has 2 atom stereocenters. The minimum absolute atomic E-state index is 0.538. The minimum Gasteiger partial charge on any atom is -0.330 e. The van der Waals surface area contributed by atoms with Gasteiger partial charge in [0.05, 0.1) is 18.1 Å². The summed E-state index contributed by atoms with van der Waals surface area (Å²) < 4.78 is 2.44. The summed E-state index contributed by atoms with van der Waals surface area (Å²) in [5, 5.41) is 3.37. The molecule has 2 aliphatic rings. The first kappa shape index (κ1) is 13.1. The Labute approximate surface area is 116 Å². The van der Waals surface area contributed by atoms with Gasteiger partial charge >= 0.3 is 0 Å². The molecule has 1 aliphatic heterocycles. The minimum atomic E-state index is 0.538. The average molecular weight is 262 g/mol. The highest BCUT2D eigenvalue weighted by Gasteiger charge is 2.39. The molecular formula is C15H26N4. The van der Waals surface area contributed by atoms with E-state index in [0.29, 0.717) is 18.0 Å². The molecule has 4 nitrogen and oxygen atoms in total. The summed E-state index contributed by atoms with van der Waals surface area (Å²) in [6.45, 7) is 6.94. The number of rotatable bonds is 5. The van der Waals surface area contributed by atoms with Gasteiger partial charge in [-0.15, -0.1) is 0 Å². The molecule has 0 radical (unpaired) electrons. The Morgan fingerprint density at radius 1 is 1.37 bits per heavy atom. The maximum Gasteiger partial charge on any atom is 0.0951 e. The van der Waals surface area contributed by atoms with Gasteiger partial charge in [-0.3, -0.25) is 4.90 Å². The lowest BCUT2D eigenvalue weighted by Crippen LogP contribution is -2.35. The largest absolute Gasteiger partial charge is 0.330 e. The molecule has 1 N–H and O–H groups in total. The molecule has 4 heteroatoms. The molecular weight excluding hydrogens is 236 g/mol. The molecule has 19 heavy (non-hydrogen) atoms. The van der Waals surface area contributed by atoms with Gasteiger partial charge in [0.2, 0.25) is 0 Å². The number of aromatic nitrogens is 2. The van der Waals surface area contributed by atoms with Crippen molar-refractivity contribution in [1.29, 1.82) is 0 Å². The van der Waals surface area contributed by atoms with E-state index < -0.39 is 0 Å². The SMILES string of the molecule is CNCC1CCN(C(C)C)C1c1cncn1C1CC1. The molecule has 106 valence electrons. The fourth-order valence-electron chi connectivity index (χ4n) is 3.55. The van der Waals surface area contributed by atoms with Crippen LogP contribution in [0.15, 0.2) is 12.5 Å². The van der Waals surface area contributed by atoms with Crippen LogP contribution >= 0.6 is 0 Å². The average Bonchev–Trinajstić information content (AvgIpc) is 2.96. The van der Waals surface area contributed by atoms with Gasteiger partial charge in [-0.2, -0.15) is 0 Å². The Morgan fingerprint density at radius 2 is 2.16 bits per heavy atom. The number of hydrogen-bond acceptors (Lipinski definition) is 3. The van der Waals surface area contributed by atoms with Crippen molar-refractivity contribution in [3.63, 3.8) is 0 Å². The molecule has 0 bridgehead atoms. The quantitative estimate of drug-likeness (QED) is 0.883. The summed E-state index contributed by atoms with van der Waals surface area (Å²) in [4.78, 5) is 7.08. The van der Waals surface area contributed by atoms with Crippen molar-refractivity contribution in [3.8, 4) is 0 Å². The predicted octanol–water partition coefficient (Wildman–Crippen LogP) is 2.21. The van der Waals surface area contributed by atoms with Crippen LogP contribution in [0.1, 0.15) is 50.9 Å². The Kier molecular flexibility index (Phi) is 3.63. The summed E-state index contributed by atoms with van der Waals surface area (Å²) in [7, 11) is 2.06. The Bertz CT molecular complexity index is 422. The molecule has 0 amide bonds. The normalized spacial score (nSPS) is 28.4. The van der Waals surface area contributed by atoms with Crippen LogP contribution in [0.25, 0.3) is 0 Å². The first-order valence-corrected chi connectivity index (χ1v) is 7.64. The fourth-order valence-corrected chi connectivity index (χ4v) is 3.55. The van der Waals surface area contributed by atoms with Crippen molar-refractivity contribution < 1.29 is 0 Å². The van der Waals surface area contributed by atoms with E-state index in [1.54, 1.807) is 0 Å².